The highest BCUT2D eigenvalue weighted by atomic mass is 16.3. The Labute approximate surface area is 96.9 Å². The van der Waals surface area contributed by atoms with Crippen molar-refractivity contribution in [2.45, 2.75) is 25.8 Å². The minimum atomic E-state index is 0.296. The van der Waals surface area contributed by atoms with E-state index in [1.807, 2.05) is 0 Å². The van der Waals surface area contributed by atoms with Gasteiger partial charge in [0.2, 0.25) is 0 Å². The van der Waals surface area contributed by atoms with Gasteiger partial charge in [-0.2, -0.15) is 0 Å². The molecule has 0 radical (unpaired) electrons. The van der Waals surface area contributed by atoms with Crippen molar-refractivity contribution >= 4 is 0 Å². The van der Waals surface area contributed by atoms with E-state index < -0.39 is 0 Å². The molecule has 16 heavy (non-hydrogen) atoms. The molecule has 1 unspecified atom stereocenters. The first kappa shape index (κ1) is 11.6. The van der Waals surface area contributed by atoms with Gasteiger partial charge < -0.3 is 14.6 Å². The highest BCUT2D eigenvalue weighted by Gasteiger charge is 2.19. The third-order valence-electron chi connectivity index (χ3n) is 3.21. The summed E-state index contributed by atoms with van der Waals surface area (Å²) in [5, 5.41) is 9.16. The van der Waals surface area contributed by atoms with E-state index in [4.69, 9.17) is 5.11 Å². The van der Waals surface area contributed by atoms with Crippen LogP contribution in [-0.2, 0) is 19.4 Å². The number of aliphatic hydroxyl groups is 1. The van der Waals surface area contributed by atoms with E-state index in [9.17, 15) is 0 Å². The third kappa shape index (κ3) is 2.62. The van der Waals surface area contributed by atoms with Crippen molar-refractivity contribution in [3.8, 4) is 0 Å². The topological polar surface area (TPSA) is 41.3 Å². The van der Waals surface area contributed by atoms with Crippen molar-refractivity contribution in [3.63, 3.8) is 0 Å². The van der Waals surface area contributed by atoms with Gasteiger partial charge in [-0.1, -0.05) is 0 Å². The molecule has 2 heterocycles. The number of likely N-dealkylation sites (N-methyl/N-ethyl adjacent to an activating group) is 1. The zero-order valence-corrected chi connectivity index (χ0v) is 10.2. The van der Waals surface area contributed by atoms with Crippen molar-refractivity contribution in [2.24, 2.45) is 5.92 Å². The summed E-state index contributed by atoms with van der Waals surface area (Å²) in [6.07, 6.45) is 5.24. The largest absolute Gasteiger partial charge is 0.396 e. The van der Waals surface area contributed by atoms with Crippen LogP contribution in [-0.4, -0.2) is 46.8 Å². The highest BCUT2D eigenvalue weighted by molar-refractivity contribution is 5.07. The predicted molar refractivity (Wildman–Crippen MR) is 63.4 cm³/mol. The number of imidazole rings is 1. The lowest BCUT2D eigenvalue weighted by atomic mass is 10.0. The molecule has 2 rings (SSSR count). The number of hydrogen-bond donors (Lipinski definition) is 1. The molecular weight excluding hydrogens is 202 g/mol. The molecule has 1 aromatic heterocycles. The standard InChI is InChI=1S/C12H21N3O/c1-14(2)6-5-11-8-15-7-10(9-16)3-4-12(15)13-11/h8,10,16H,3-7,9H2,1-2H3. The summed E-state index contributed by atoms with van der Waals surface area (Å²) < 4.78 is 2.22. The van der Waals surface area contributed by atoms with Gasteiger partial charge in [-0.25, -0.2) is 4.98 Å². The highest BCUT2D eigenvalue weighted by Crippen LogP contribution is 2.19. The van der Waals surface area contributed by atoms with Gasteiger partial charge in [0.05, 0.1) is 5.69 Å². The Morgan fingerprint density at radius 3 is 3.06 bits per heavy atom. The van der Waals surface area contributed by atoms with Crippen LogP contribution in [0.5, 0.6) is 0 Å². The summed E-state index contributed by atoms with van der Waals surface area (Å²) in [6.45, 7) is 2.27. The van der Waals surface area contributed by atoms with Crippen LogP contribution < -0.4 is 0 Å². The maximum absolute atomic E-state index is 9.16. The molecule has 4 nitrogen and oxygen atoms in total. The lowest BCUT2D eigenvalue weighted by molar-refractivity contribution is 0.190. The molecule has 0 amide bonds. The van der Waals surface area contributed by atoms with Crippen LogP contribution in [0.25, 0.3) is 0 Å². The van der Waals surface area contributed by atoms with Gasteiger partial charge in [0, 0.05) is 44.7 Å². The Balaban J connectivity index is 2.01. The summed E-state index contributed by atoms with van der Waals surface area (Å²) in [5.74, 6) is 1.61. The van der Waals surface area contributed by atoms with Crippen molar-refractivity contribution in [1.29, 1.82) is 0 Å². The van der Waals surface area contributed by atoms with Crippen LogP contribution in [0, 0.1) is 5.92 Å². The van der Waals surface area contributed by atoms with Crippen LogP contribution in [0.4, 0.5) is 0 Å². The molecule has 0 bridgehead atoms. The second-order valence-corrected chi connectivity index (χ2v) is 4.94. The minimum Gasteiger partial charge on any atom is -0.396 e. The van der Waals surface area contributed by atoms with Gasteiger partial charge >= 0.3 is 0 Å². The lowest BCUT2D eigenvalue weighted by Crippen LogP contribution is -2.22. The van der Waals surface area contributed by atoms with Gasteiger partial charge in [0.1, 0.15) is 5.82 Å². The van der Waals surface area contributed by atoms with Gasteiger partial charge in [0.25, 0.3) is 0 Å². The molecule has 1 aromatic rings. The predicted octanol–water partition coefficient (Wildman–Crippen LogP) is 0.542. The van der Waals surface area contributed by atoms with Gasteiger partial charge in [-0.15, -0.1) is 0 Å². The van der Waals surface area contributed by atoms with Crippen molar-refractivity contribution in [3.05, 3.63) is 17.7 Å². The molecule has 0 spiro atoms. The zero-order chi connectivity index (χ0) is 11.5. The van der Waals surface area contributed by atoms with Crippen LogP contribution in [0.2, 0.25) is 0 Å². The first-order valence-corrected chi connectivity index (χ1v) is 5.99. The first-order valence-electron chi connectivity index (χ1n) is 5.99. The number of aryl methyl sites for hydroxylation is 1. The number of hydrogen-bond acceptors (Lipinski definition) is 3. The molecule has 1 atom stereocenters. The van der Waals surface area contributed by atoms with E-state index in [0.717, 1.165) is 32.4 Å². The Hall–Kier alpha value is -0.870. The average molecular weight is 223 g/mol. The smallest absolute Gasteiger partial charge is 0.108 e. The van der Waals surface area contributed by atoms with Crippen molar-refractivity contribution in [1.82, 2.24) is 14.5 Å². The second-order valence-electron chi connectivity index (χ2n) is 4.94. The fourth-order valence-corrected chi connectivity index (χ4v) is 2.18. The van der Waals surface area contributed by atoms with Crippen LogP contribution in [0.1, 0.15) is 17.9 Å². The van der Waals surface area contributed by atoms with Crippen LogP contribution in [0.15, 0.2) is 6.20 Å². The van der Waals surface area contributed by atoms with E-state index in [1.165, 1.54) is 11.5 Å². The molecule has 1 aliphatic heterocycles. The van der Waals surface area contributed by atoms with Crippen LogP contribution >= 0.6 is 0 Å². The monoisotopic (exact) mass is 223 g/mol. The molecule has 1 N–H and O–H groups in total. The van der Waals surface area contributed by atoms with Crippen molar-refractivity contribution in [2.75, 3.05) is 27.2 Å². The maximum Gasteiger partial charge on any atom is 0.108 e. The fraction of sp³-hybridized carbons (Fsp3) is 0.750. The molecule has 1 aliphatic rings. The molecule has 0 fully saturated rings. The second kappa shape index (κ2) is 4.97. The maximum atomic E-state index is 9.16. The number of aliphatic hydroxyl groups excluding tert-OH is 1. The zero-order valence-electron chi connectivity index (χ0n) is 10.2. The number of aromatic nitrogens is 2. The molecule has 0 aliphatic carbocycles. The third-order valence-corrected chi connectivity index (χ3v) is 3.21. The molecular formula is C12H21N3O. The summed E-state index contributed by atoms with van der Waals surface area (Å²) in [6, 6.07) is 0. The number of fused-ring (bicyclic) bond motifs is 1. The SMILES string of the molecule is CN(C)CCc1cn2c(n1)CCC(CO)C2. The Kier molecular flexibility index (Phi) is 3.61. The average Bonchev–Trinajstić information content (AvgIpc) is 2.67. The van der Waals surface area contributed by atoms with E-state index in [1.54, 1.807) is 0 Å². The van der Waals surface area contributed by atoms with Gasteiger partial charge in [-0.3, -0.25) is 0 Å². The molecule has 0 saturated heterocycles. The first-order chi connectivity index (χ1) is 7.69. The molecule has 0 saturated carbocycles. The van der Waals surface area contributed by atoms with Gasteiger partial charge in [0.15, 0.2) is 0 Å². The molecule has 0 aromatic carbocycles. The molecule has 90 valence electrons. The Morgan fingerprint density at radius 2 is 2.38 bits per heavy atom. The van der Waals surface area contributed by atoms with Crippen molar-refractivity contribution < 1.29 is 5.11 Å². The van der Waals surface area contributed by atoms with E-state index in [2.05, 4.69) is 34.7 Å². The normalized spacial score (nSPS) is 20.1. The Bertz CT molecular complexity index is 346. The number of rotatable bonds is 4. The minimum absolute atomic E-state index is 0.296. The van der Waals surface area contributed by atoms with Gasteiger partial charge in [-0.05, 0) is 20.5 Å². The summed E-state index contributed by atoms with van der Waals surface area (Å²) in [7, 11) is 4.16. The summed E-state index contributed by atoms with van der Waals surface area (Å²) in [5.41, 5.74) is 1.18. The molecule has 4 heteroatoms. The van der Waals surface area contributed by atoms with E-state index in [0.29, 0.717) is 12.5 Å². The quantitative estimate of drug-likeness (QED) is 0.810. The number of nitrogens with zero attached hydrogens (tertiary/aromatic N) is 3. The summed E-state index contributed by atoms with van der Waals surface area (Å²) >= 11 is 0. The Morgan fingerprint density at radius 1 is 1.56 bits per heavy atom. The van der Waals surface area contributed by atoms with E-state index >= 15 is 0 Å². The lowest BCUT2D eigenvalue weighted by Gasteiger charge is -2.21. The van der Waals surface area contributed by atoms with E-state index in [-0.39, 0.29) is 0 Å². The van der Waals surface area contributed by atoms with Crippen LogP contribution in [0.3, 0.4) is 0 Å². The fourth-order valence-electron chi connectivity index (χ4n) is 2.18. The summed E-state index contributed by atoms with van der Waals surface area (Å²) in [4.78, 5) is 6.82.